The van der Waals surface area contributed by atoms with Gasteiger partial charge >= 0.3 is 0 Å². The van der Waals surface area contributed by atoms with Gasteiger partial charge in [-0.25, -0.2) is 13.8 Å². The van der Waals surface area contributed by atoms with Gasteiger partial charge in [-0.05, 0) is 12.1 Å². The molecule has 0 unspecified atom stereocenters. The molecule has 1 aromatic carbocycles. The minimum absolute atomic E-state index is 0.0716. The van der Waals surface area contributed by atoms with Crippen molar-refractivity contribution < 1.29 is 13.6 Å². The molecule has 3 rings (SSSR count). The number of fused-ring (bicyclic) bond motifs is 1. The highest BCUT2D eigenvalue weighted by Gasteiger charge is 2.14. The molecule has 3 aromatic rings. The van der Waals surface area contributed by atoms with Crippen molar-refractivity contribution in [1.82, 2.24) is 9.38 Å². The molecule has 0 amide bonds. The van der Waals surface area contributed by atoms with E-state index in [1.54, 1.807) is 6.20 Å². The standard InChI is InChI=1S/C14H10F2N2OS/c15-12-2-1-3-13(16)11(12)7-10(19)6-9-8-18-4-5-20-14(18)17-9/h1-5,8H,6-7H2. The van der Waals surface area contributed by atoms with E-state index in [0.717, 1.165) is 17.1 Å². The van der Waals surface area contributed by atoms with Gasteiger partial charge in [0.05, 0.1) is 12.1 Å². The number of aromatic nitrogens is 2. The van der Waals surface area contributed by atoms with Crippen molar-refractivity contribution in [2.45, 2.75) is 12.8 Å². The van der Waals surface area contributed by atoms with E-state index in [4.69, 9.17) is 0 Å². The van der Waals surface area contributed by atoms with Gasteiger partial charge < -0.3 is 0 Å². The molecule has 0 saturated carbocycles. The van der Waals surface area contributed by atoms with Crippen LogP contribution >= 0.6 is 11.3 Å². The number of carbonyl (C=O) groups excluding carboxylic acids is 1. The Labute approximate surface area is 117 Å². The van der Waals surface area contributed by atoms with Crippen molar-refractivity contribution in [2.75, 3.05) is 0 Å². The molecular weight excluding hydrogens is 282 g/mol. The maximum absolute atomic E-state index is 13.5. The first-order chi connectivity index (χ1) is 9.63. The quantitative estimate of drug-likeness (QED) is 0.741. The highest BCUT2D eigenvalue weighted by molar-refractivity contribution is 7.15. The highest BCUT2D eigenvalue weighted by atomic mass is 32.1. The van der Waals surface area contributed by atoms with Crippen molar-refractivity contribution in [1.29, 1.82) is 0 Å². The smallest absolute Gasteiger partial charge is 0.193 e. The summed E-state index contributed by atoms with van der Waals surface area (Å²) >= 11 is 1.46. The summed E-state index contributed by atoms with van der Waals surface area (Å²) in [6.45, 7) is 0. The Morgan fingerprint density at radius 1 is 1.25 bits per heavy atom. The van der Waals surface area contributed by atoms with E-state index >= 15 is 0 Å². The first-order valence-corrected chi connectivity index (χ1v) is 6.87. The first-order valence-electron chi connectivity index (χ1n) is 5.99. The number of imidazole rings is 1. The van der Waals surface area contributed by atoms with Gasteiger partial charge in [0.25, 0.3) is 0 Å². The van der Waals surface area contributed by atoms with Crippen molar-refractivity contribution in [3.8, 4) is 0 Å². The molecule has 102 valence electrons. The predicted octanol–water partition coefficient (Wildman–Crippen LogP) is 3.03. The molecule has 0 atom stereocenters. The number of nitrogens with zero attached hydrogens (tertiary/aromatic N) is 2. The molecular formula is C14H10F2N2OS. The SMILES string of the molecule is O=C(Cc1cn2ccsc2n1)Cc1c(F)cccc1F. The van der Waals surface area contributed by atoms with Crippen molar-refractivity contribution >= 4 is 22.1 Å². The van der Waals surface area contributed by atoms with Gasteiger partial charge in [-0.2, -0.15) is 0 Å². The summed E-state index contributed by atoms with van der Waals surface area (Å²) in [5.41, 5.74) is 0.428. The Hall–Kier alpha value is -2.08. The lowest BCUT2D eigenvalue weighted by Gasteiger charge is -2.03. The molecule has 0 aliphatic rings. The summed E-state index contributed by atoms with van der Waals surface area (Å²) in [6.07, 6.45) is 3.41. The summed E-state index contributed by atoms with van der Waals surface area (Å²) in [5.74, 6) is -1.65. The van der Waals surface area contributed by atoms with Crippen LogP contribution in [0, 0.1) is 11.6 Å². The fraction of sp³-hybridized carbons (Fsp3) is 0.143. The van der Waals surface area contributed by atoms with Gasteiger partial charge in [0.1, 0.15) is 17.4 Å². The number of hydrogen-bond acceptors (Lipinski definition) is 3. The third kappa shape index (κ3) is 2.46. The first kappa shape index (κ1) is 12.9. The number of rotatable bonds is 4. The zero-order valence-corrected chi connectivity index (χ0v) is 11.2. The zero-order chi connectivity index (χ0) is 14.1. The number of carbonyl (C=O) groups is 1. The van der Waals surface area contributed by atoms with Crippen LogP contribution in [0.25, 0.3) is 4.96 Å². The van der Waals surface area contributed by atoms with Crippen LogP contribution in [0.3, 0.4) is 0 Å². The van der Waals surface area contributed by atoms with E-state index in [1.807, 2.05) is 16.0 Å². The molecule has 20 heavy (non-hydrogen) atoms. The minimum atomic E-state index is -0.691. The van der Waals surface area contributed by atoms with E-state index in [-0.39, 0.29) is 24.2 Å². The number of ketones is 1. The number of halogens is 2. The lowest BCUT2D eigenvalue weighted by molar-refractivity contribution is -0.117. The van der Waals surface area contributed by atoms with Gasteiger partial charge in [0.2, 0.25) is 0 Å². The number of Topliss-reactive ketones (excluding diaryl/α,β-unsaturated/α-hetero) is 1. The molecule has 0 aliphatic carbocycles. The molecule has 0 spiro atoms. The Kier molecular flexibility index (Phi) is 3.31. The molecule has 2 aromatic heterocycles. The summed E-state index contributed by atoms with van der Waals surface area (Å²) < 4.78 is 28.7. The van der Waals surface area contributed by atoms with Crippen LogP contribution in [0.5, 0.6) is 0 Å². The van der Waals surface area contributed by atoms with Gasteiger partial charge in [0, 0.05) is 29.8 Å². The minimum Gasteiger partial charge on any atom is -0.299 e. The fourth-order valence-electron chi connectivity index (χ4n) is 2.02. The Balaban J connectivity index is 1.75. The molecule has 0 bridgehead atoms. The third-order valence-electron chi connectivity index (χ3n) is 2.96. The number of benzene rings is 1. The largest absolute Gasteiger partial charge is 0.299 e. The summed E-state index contributed by atoms with van der Waals surface area (Å²) in [6, 6.07) is 3.58. The Bertz CT molecular complexity index is 730. The second-order valence-electron chi connectivity index (χ2n) is 4.42. The molecule has 0 aliphatic heterocycles. The predicted molar refractivity (Wildman–Crippen MR) is 71.8 cm³/mol. The molecule has 2 heterocycles. The van der Waals surface area contributed by atoms with E-state index in [0.29, 0.717) is 5.69 Å². The molecule has 0 N–H and O–H groups in total. The number of hydrogen-bond donors (Lipinski definition) is 0. The Morgan fingerprint density at radius 3 is 2.70 bits per heavy atom. The monoisotopic (exact) mass is 292 g/mol. The fourth-order valence-corrected chi connectivity index (χ4v) is 2.74. The van der Waals surface area contributed by atoms with E-state index in [1.165, 1.54) is 17.4 Å². The zero-order valence-electron chi connectivity index (χ0n) is 10.3. The average molecular weight is 292 g/mol. The van der Waals surface area contributed by atoms with Crippen LogP contribution in [0.1, 0.15) is 11.3 Å². The molecule has 6 heteroatoms. The van der Waals surface area contributed by atoms with Crippen molar-refractivity contribution in [2.24, 2.45) is 0 Å². The maximum atomic E-state index is 13.5. The van der Waals surface area contributed by atoms with Crippen LogP contribution in [0.15, 0.2) is 36.0 Å². The maximum Gasteiger partial charge on any atom is 0.193 e. The van der Waals surface area contributed by atoms with E-state index in [9.17, 15) is 13.6 Å². The lowest BCUT2D eigenvalue weighted by atomic mass is 10.0. The summed E-state index contributed by atoms with van der Waals surface area (Å²) in [4.78, 5) is 17.0. The van der Waals surface area contributed by atoms with Gasteiger partial charge in [-0.1, -0.05) is 6.07 Å². The van der Waals surface area contributed by atoms with Crippen LogP contribution < -0.4 is 0 Å². The summed E-state index contributed by atoms with van der Waals surface area (Å²) in [7, 11) is 0. The lowest BCUT2D eigenvalue weighted by Crippen LogP contribution is -2.09. The second-order valence-corrected chi connectivity index (χ2v) is 5.29. The van der Waals surface area contributed by atoms with Gasteiger partial charge in [-0.3, -0.25) is 9.20 Å². The molecule has 0 radical (unpaired) electrons. The normalized spacial score (nSPS) is 11.1. The van der Waals surface area contributed by atoms with Crippen molar-refractivity contribution in [3.05, 3.63) is 58.9 Å². The van der Waals surface area contributed by atoms with Gasteiger partial charge in [-0.15, -0.1) is 11.3 Å². The average Bonchev–Trinajstić information content (AvgIpc) is 2.94. The second kappa shape index (κ2) is 5.13. The summed E-state index contributed by atoms with van der Waals surface area (Å²) in [5, 5.41) is 1.89. The Morgan fingerprint density at radius 2 is 2.00 bits per heavy atom. The molecule has 0 fully saturated rings. The highest BCUT2D eigenvalue weighted by Crippen LogP contribution is 2.15. The van der Waals surface area contributed by atoms with Crippen LogP contribution in [0.4, 0.5) is 8.78 Å². The molecule has 0 saturated heterocycles. The molecule has 3 nitrogen and oxygen atoms in total. The van der Waals surface area contributed by atoms with E-state index < -0.39 is 11.6 Å². The van der Waals surface area contributed by atoms with E-state index in [2.05, 4.69) is 4.98 Å². The number of thiazole rings is 1. The van der Waals surface area contributed by atoms with Crippen LogP contribution in [0.2, 0.25) is 0 Å². The van der Waals surface area contributed by atoms with Gasteiger partial charge in [0.15, 0.2) is 4.96 Å². The topological polar surface area (TPSA) is 34.4 Å². The van der Waals surface area contributed by atoms with Crippen LogP contribution in [-0.4, -0.2) is 15.2 Å². The van der Waals surface area contributed by atoms with Crippen molar-refractivity contribution in [3.63, 3.8) is 0 Å². The van der Waals surface area contributed by atoms with Crippen LogP contribution in [-0.2, 0) is 17.6 Å². The third-order valence-corrected chi connectivity index (χ3v) is 3.73.